The van der Waals surface area contributed by atoms with Crippen molar-refractivity contribution in [2.24, 2.45) is 0 Å². The Morgan fingerprint density at radius 3 is 2.22 bits per heavy atom. The Balaban J connectivity index is 1.78. The highest BCUT2D eigenvalue weighted by molar-refractivity contribution is 5.96. The van der Waals surface area contributed by atoms with Crippen molar-refractivity contribution in [3.8, 4) is 11.5 Å². The molecule has 0 aliphatic heterocycles. The predicted octanol–water partition coefficient (Wildman–Crippen LogP) is 5.23. The standard InChI is InChI=1S/C30H39N3O4/c1-7-23(4)33(20-26-11-9-17-31(26)19-24-10-8-12-28(18-24)37-6)29(34)21-32(22(2)3)30(35)25-13-15-27(36-5)16-14-25/h8-18,22-23H,7,19-21H2,1-6H3. The van der Waals surface area contributed by atoms with E-state index in [1.807, 2.05) is 55.3 Å². The number of hydrogen-bond acceptors (Lipinski definition) is 4. The van der Waals surface area contributed by atoms with E-state index in [0.29, 0.717) is 24.4 Å². The molecule has 0 aliphatic carbocycles. The van der Waals surface area contributed by atoms with Gasteiger partial charge in [0.25, 0.3) is 5.91 Å². The minimum absolute atomic E-state index is 0.0173. The lowest BCUT2D eigenvalue weighted by Crippen LogP contribution is -2.48. The zero-order valence-corrected chi connectivity index (χ0v) is 22.8. The maximum absolute atomic E-state index is 13.7. The fourth-order valence-electron chi connectivity index (χ4n) is 4.22. The van der Waals surface area contributed by atoms with Gasteiger partial charge in [-0.15, -0.1) is 0 Å². The van der Waals surface area contributed by atoms with Gasteiger partial charge in [0.05, 0.1) is 20.8 Å². The van der Waals surface area contributed by atoms with Crippen LogP contribution in [-0.2, 0) is 17.9 Å². The summed E-state index contributed by atoms with van der Waals surface area (Å²) in [5.41, 5.74) is 2.69. The highest BCUT2D eigenvalue weighted by Crippen LogP contribution is 2.19. The van der Waals surface area contributed by atoms with Gasteiger partial charge in [-0.2, -0.15) is 0 Å². The lowest BCUT2D eigenvalue weighted by atomic mass is 10.1. The second-order valence-electron chi connectivity index (χ2n) is 9.51. The van der Waals surface area contributed by atoms with Crippen LogP contribution in [0.25, 0.3) is 0 Å². The van der Waals surface area contributed by atoms with Gasteiger partial charge in [-0.3, -0.25) is 9.59 Å². The third-order valence-corrected chi connectivity index (χ3v) is 6.71. The summed E-state index contributed by atoms with van der Waals surface area (Å²) in [6, 6.07) is 18.9. The van der Waals surface area contributed by atoms with E-state index in [1.165, 1.54) is 0 Å². The molecule has 1 aromatic heterocycles. The largest absolute Gasteiger partial charge is 0.497 e. The molecule has 37 heavy (non-hydrogen) atoms. The third-order valence-electron chi connectivity index (χ3n) is 6.71. The molecule has 198 valence electrons. The van der Waals surface area contributed by atoms with E-state index < -0.39 is 0 Å². The van der Waals surface area contributed by atoms with Gasteiger partial charge in [0, 0.05) is 36.1 Å². The van der Waals surface area contributed by atoms with E-state index in [1.54, 1.807) is 43.4 Å². The van der Waals surface area contributed by atoms with E-state index in [0.717, 1.165) is 23.4 Å². The molecular weight excluding hydrogens is 466 g/mol. The fourth-order valence-corrected chi connectivity index (χ4v) is 4.22. The molecule has 1 unspecified atom stereocenters. The monoisotopic (exact) mass is 505 g/mol. The number of aromatic nitrogens is 1. The normalized spacial score (nSPS) is 11.8. The van der Waals surface area contributed by atoms with Crippen molar-refractivity contribution in [1.29, 1.82) is 0 Å². The summed E-state index contributed by atoms with van der Waals surface area (Å²) in [7, 11) is 3.25. The molecule has 0 N–H and O–H groups in total. The number of benzene rings is 2. The quantitative estimate of drug-likeness (QED) is 0.338. The van der Waals surface area contributed by atoms with Crippen molar-refractivity contribution >= 4 is 11.8 Å². The lowest BCUT2D eigenvalue weighted by molar-refractivity contribution is -0.135. The molecule has 2 aromatic carbocycles. The Bertz CT molecular complexity index is 1170. The molecule has 2 amide bonds. The number of rotatable bonds is 12. The van der Waals surface area contributed by atoms with E-state index in [4.69, 9.17) is 9.47 Å². The Labute approximate surface area is 220 Å². The van der Waals surface area contributed by atoms with Crippen LogP contribution in [0.2, 0.25) is 0 Å². The van der Waals surface area contributed by atoms with Crippen LogP contribution in [0.5, 0.6) is 11.5 Å². The van der Waals surface area contributed by atoms with Crippen molar-refractivity contribution in [3.05, 3.63) is 83.7 Å². The molecule has 0 aliphatic rings. The van der Waals surface area contributed by atoms with E-state index in [2.05, 4.69) is 24.5 Å². The molecule has 0 bridgehead atoms. The van der Waals surface area contributed by atoms with Crippen LogP contribution in [-0.4, -0.2) is 59.0 Å². The molecule has 7 nitrogen and oxygen atoms in total. The molecule has 1 atom stereocenters. The SMILES string of the molecule is CCC(C)N(Cc1cccn1Cc1cccc(OC)c1)C(=O)CN(C(=O)c1ccc(OC)cc1)C(C)C. The minimum Gasteiger partial charge on any atom is -0.497 e. The number of carbonyl (C=O) groups excluding carboxylic acids is 2. The van der Waals surface area contributed by atoms with Gasteiger partial charge in [-0.05, 0) is 81.3 Å². The van der Waals surface area contributed by atoms with Crippen LogP contribution < -0.4 is 9.47 Å². The van der Waals surface area contributed by atoms with Crippen LogP contribution >= 0.6 is 0 Å². The number of nitrogens with zero attached hydrogens (tertiary/aromatic N) is 3. The maximum atomic E-state index is 13.7. The summed E-state index contributed by atoms with van der Waals surface area (Å²) >= 11 is 0. The Hall–Kier alpha value is -3.74. The summed E-state index contributed by atoms with van der Waals surface area (Å²) in [6.07, 6.45) is 2.85. The summed E-state index contributed by atoms with van der Waals surface area (Å²) in [5.74, 6) is 1.26. The molecular formula is C30H39N3O4. The molecule has 0 saturated carbocycles. The Kier molecular flexibility index (Phi) is 9.78. The van der Waals surface area contributed by atoms with Gasteiger partial charge in [-0.1, -0.05) is 19.1 Å². The molecule has 0 radical (unpaired) electrons. The minimum atomic E-state index is -0.170. The molecule has 0 spiro atoms. The second kappa shape index (κ2) is 13.0. The number of carbonyl (C=O) groups is 2. The summed E-state index contributed by atoms with van der Waals surface area (Å²) in [4.78, 5) is 30.5. The Morgan fingerprint density at radius 2 is 1.59 bits per heavy atom. The van der Waals surface area contributed by atoms with E-state index in [9.17, 15) is 9.59 Å². The number of ether oxygens (including phenoxy) is 2. The predicted molar refractivity (Wildman–Crippen MR) is 146 cm³/mol. The van der Waals surface area contributed by atoms with Gasteiger partial charge in [0.15, 0.2) is 0 Å². The summed E-state index contributed by atoms with van der Waals surface area (Å²) in [5, 5.41) is 0. The van der Waals surface area contributed by atoms with Crippen LogP contribution in [0.3, 0.4) is 0 Å². The molecule has 1 heterocycles. The number of methoxy groups -OCH3 is 2. The van der Waals surface area contributed by atoms with E-state index >= 15 is 0 Å². The first-order chi connectivity index (χ1) is 17.8. The van der Waals surface area contributed by atoms with Crippen molar-refractivity contribution in [3.63, 3.8) is 0 Å². The van der Waals surface area contributed by atoms with Crippen molar-refractivity contribution < 1.29 is 19.1 Å². The lowest BCUT2D eigenvalue weighted by Gasteiger charge is -2.33. The molecule has 3 rings (SSSR count). The zero-order chi connectivity index (χ0) is 26.9. The van der Waals surface area contributed by atoms with Crippen molar-refractivity contribution in [2.75, 3.05) is 20.8 Å². The molecule has 7 heteroatoms. The fraction of sp³-hybridized carbons (Fsp3) is 0.400. The summed E-state index contributed by atoms with van der Waals surface area (Å²) in [6.45, 7) is 9.15. The average Bonchev–Trinajstić information content (AvgIpc) is 3.35. The topological polar surface area (TPSA) is 64.0 Å². The zero-order valence-electron chi connectivity index (χ0n) is 22.8. The first-order valence-corrected chi connectivity index (χ1v) is 12.8. The smallest absolute Gasteiger partial charge is 0.254 e. The van der Waals surface area contributed by atoms with Crippen molar-refractivity contribution in [1.82, 2.24) is 14.4 Å². The number of hydrogen-bond donors (Lipinski definition) is 0. The molecule has 0 saturated heterocycles. The summed E-state index contributed by atoms with van der Waals surface area (Å²) < 4.78 is 12.7. The number of amides is 2. The highest BCUT2D eigenvalue weighted by atomic mass is 16.5. The Morgan fingerprint density at radius 1 is 0.892 bits per heavy atom. The van der Waals surface area contributed by atoms with Crippen LogP contribution in [0.1, 0.15) is 55.7 Å². The average molecular weight is 506 g/mol. The van der Waals surface area contributed by atoms with Crippen LogP contribution in [0.15, 0.2) is 66.9 Å². The van der Waals surface area contributed by atoms with Gasteiger partial charge in [-0.25, -0.2) is 0 Å². The van der Waals surface area contributed by atoms with Gasteiger partial charge in [0.1, 0.15) is 18.0 Å². The maximum Gasteiger partial charge on any atom is 0.254 e. The van der Waals surface area contributed by atoms with Crippen molar-refractivity contribution in [2.45, 2.75) is 59.3 Å². The molecule has 3 aromatic rings. The second-order valence-corrected chi connectivity index (χ2v) is 9.51. The van der Waals surface area contributed by atoms with Crippen LogP contribution in [0, 0.1) is 0 Å². The van der Waals surface area contributed by atoms with Gasteiger partial charge >= 0.3 is 0 Å². The van der Waals surface area contributed by atoms with E-state index in [-0.39, 0.29) is 30.4 Å². The van der Waals surface area contributed by atoms with Gasteiger partial charge < -0.3 is 23.8 Å². The first-order valence-electron chi connectivity index (χ1n) is 12.8. The first kappa shape index (κ1) is 27.8. The third kappa shape index (κ3) is 7.15. The van der Waals surface area contributed by atoms with Gasteiger partial charge in [0.2, 0.25) is 5.91 Å². The highest BCUT2D eigenvalue weighted by Gasteiger charge is 2.27. The van der Waals surface area contributed by atoms with Crippen LogP contribution in [0.4, 0.5) is 0 Å². The molecule has 0 fully saturated rings.